The Morgan fingerprint density at radius 1 is 0.301 bits per heavy atom. The Hall–Kier alpha value is -10.8. The molecular weight excluding hydrogens is 1900 g/mol. The fourth-order valence-corrected chi connectivity index (χ4v) is 13.7. The van der Waals surface area contributed by atoms with Gasteiger partial charge in [-0.15, -0.1) is 36.6 Å². The Kier molecular flexibility index (Phi) is 75.9. The predicted octanol–water partition coefficient (Wildman–Crippen LogP) is 30.5. The number of rotatable bonds is 25. The lowest BCUT2D eigenvalue weighted by Gasteiger charge is -2.15. The molecule has 0 radical (unpaired) electrons. The number of para-hydroxylation sites is 1. The van der Waals surface area contributed by atoms with Gasteiger partial charge in [0.2, 0.25) is 0 Å². The number of ether oxygens (including phenoxy) is 5. The molecule has 1 fully saturated rings. The van der Waals surface area contributed by atoms with E-state index in [2.05, 4.69) is 280 Å². The van der Waals surface area contributed by atoms with Crippen LogP contribution >= 0.6 is 87.1 Å². The lowest BCUT2D eigenvalue weighted by molar-refractivity contribution is 0.201. The van der Waals surface area contributed by atoms with Crippen LogP contribution in [-0.4, -0.2) is 135 Å². The molecule has 0 spiro atoms. The van der Waals surface area contributed by atoms with Crippen LogP contribution in [0, 0.1) is 103 Å². The van der Waals surface area contributed by atoms with Gasteiger partial charge in [0.25, 0.3) is 0 Å². The van der Waals surface area contributed by atoms with Gasteiger partial charge in [0.1, 0.15) is 42.0 Å². The number of H-pyrrole nitrogens is 1. The van der Waals surface area contributed by atoms with Crippen LogP contribution in [0.2, 0.25) is 0 Å². The monoisotopic (exact) mass is 2070 g/mol. The van der Waals surface area contributed by atoms with Gasteiger partial charge in [-0.2, -0.15) is 50.5 Å². The van der Waals surface area contributed by atoms with Crippen LogP contribution in [-0.2, 0) is 0 Å². The fourth-order valence-electron chi connectivity index (χ4n) is 12.3. The van der Waals surface area contributed by atoms with Crippen molar-refractivity contribution in [1.29, 1.82) is 0 Å². The van der Waals surface area contributed by atoms with Gasteiger partial charge in [-0.1, -0.05) is 266 Å². The summed E-state index contributed by atoms with van der Waals surface area (Å²) in [5, 5.41) is 50.0. The number of thiol groups is 6. The first-order chi connectivity index (χ1) is 69.1. The zero-order chi connectivity index (χ0) is 105. The number of anilines is 4. The first-order valence-corrected chi connectivity index (χ1v) is 52.9. The molecule has 2 heterocycles. The van der Waals surface area contributed by atoms with Crippen molar-refractivity contribution in [2.24, 2.45) is 5.92 Å². The minimum Gasteiger partial charge on any atom is -0.497 e. The topological polar surface area (TPSA) is 191 Å². The van der Waals surface area contributed by atoms with Crippen LogP contribution in [0.5, 0.6) is 28.7 Å². The predicted molar refractivity (Wildman–Crippen MR) is 639 cm³/mol. The SMILES string of the molecule is CC1CCCCC1.COc1cccc(C)c1.Cc1c[nH]c2ccccc12.Cc1ccc(NCCO)cc1.Cc1ccc(NCCS)cc1.Cc1ccc(OCCO)cc1.Cc1ccc(OCCS)cc1.Cc1ccc(S)cc1.Cc1cccc(NCCO)c1.Cc1cccc(NCCS)c1.Cc1cccc(OCCO)c1.Cc1cccc(OCCS)c1.Cc1cccc(S)c1.Cc1ccccc1.Cc1cccs1. The average molecular weight is 2070 g/mol. The molecule has 0 atom stereocenters. The van der Waals surface area contributed by atoms with Crippen molar-refractivity contribution in [2.75, 3.05) is 130 Å². The molecule has 21 heteroatoms. The maximum Gasteiger partial charge on any atom is 0.119 e. The summed E-state index contributed by atoms with van der Waals surface area (Å²) in [6, 6.07) is 111. The van der Waals surface area contributed by atoms with Crippen LogP contribution < -0.4 is 45.0 Å². The third kappa shape index (κ3) is 70.6. The molecule has 2 aromatic heterocycles. The Bertz CT molecular complexity index is 5110. The Morgan fingerprint density at radius 3 is 0.979 bits per heavy atom. The quantitative estimate of drug-likeness (QED) is 0.0242. The highest BCUT2D eigenvalue weighted by molar-refractivity contribution is 7.81. The molecule has 1 saturated carbocycles. The van der Waals surface area contributed by atoms with Crippen molar-refractivity contribution in [3.63, 3.8) is 0 Å². The van der Waals surface area contributed by atoms with Gasteiger partial charge in [-0.05, 0) is 287 Å². The van der Waals surface area contributed by atoms with Crippen molar-refractivity contribution in [3.8, 4) is 28.7 Å². The molecule has 15 aromatic rings. The van der Waals surface area contributed by atoms with E-state index in [0.717, 1.165) is 91.9 Å². The number of methoxy groups -OCH3 is 1. The standard InChI is InChI=1S/2C9H13NO.2C9H13NS.C9H9N.2C9H12O2.2C9H12OS.C8H10O.2C7H8S.C7H14.C7H8.C5H6S/c1-8-2-4-9(5-3-8)10-6-7-11;1-8-3-2-4-9(7-8)10-5-6-11;1-8-2-4-9(5-3-8)10-6-7-11;1-8-3-2-4-9(7-8)10-5-6-11;1-7-6-10-9-5-3-2-4-8(7)9;1-8-2-4-9(5-3-8)11-7-6-10;1-8-3-2-4-9(7-8)11-6-5-10;1-8-2-4-9(5-3-8)10-6-7-11;1-8-3-2-4-9(7-8)10-5-6-11;1-7-4-3-5-8(6-7)9-2;1-6-2-4-7(8)5-3-6;1-6-3-2-4-7(8)5-6;2*1-7-5-3-2-4-6-7;1-5-3-2-4-6-5/h2-5,10-11H,6-7H2,1H3;2-4,7,10-11H,5-6H2,1H3;2-5,10-11H,6-7H2,1H3;2-4,7,10-11H,5-6H2,1H3;2-6,10H,1H3;2-5,10H,6-7H2,1H3;2-4,7,10H,5-6H2,1H3;2-5,11H,6-7H2,1H3;2-4,7,11H,5-6H2,1H3;3-6H,1-2H3;2*2-5,8H,1H3;7H,2-6H2,1H3;2-6H,1H3;2-4H,1H3. The number of fused-ring (bicyclic) bond motifs is 1. The second kappa shape index (κ2) is 84.6. The first-order valence-electron chi connectivity index (χ1n) is 48.6. The van der Waals surface area contributed by atoms with Crippen LogP contribution in [0.1, 0.15) is 116 Å². The van der Waals surface area contributed by atoms with Crippen molar-refractivity contribution >= 4 is 121 Å². The minimum absolute atomic E-state index is 0.0634. The maximum absolute atomic E-state index is 8.53. The van der Waals surface area contributed by atoms with Gasteiger partial charge >= 0.3 is 0 Å². The molecule has 1 aliphatic rings. The number of aryl methyl sites for hydroxylation is 14. The van der Waals surface area contributed by atoms with Crippen LogP contribution in [0.3, 0.4) is 0 Å². The molecule has 0 bridgehead atoms. The highest BCUT2D eigenvalue weighted by Gasteiger charge is 2.07. The highest BCUT2D eigenvalue weighted by Crippen LogP contribution is 2.24. The van der Waals surface area contributed by atoms with E-state index >= 15 is 0 Å². The number of thiophene rings is 1. The molecule has 143 heavy (non-hydrogen) atoms. The number of aromatic amines is 1. The number of aliphatic hydroxyl groups is 4. The zero-order valence-corrected chi connectivity index (χ0v) is 93.4. The number of benzene rings is 13. The summed E-state index contributed by atoms with van der Waals surface area (Å²) < 4.78 is 26.0. The van der Waals surface area contributed by atoms with Gasteiger partial charge in [0.05, 0.1) is 46.8 Å². The van der Waals surface area contributed by atoms with E-state index in [9.17, 15) is 0 Å². The third-order valence-corrected chi connectivity index (χ3v) is 22.1. The molecule has 0 amide bonds. The second-order valence-electron chi connectivity index (χ2n) is 33.5. The summed E-state index contributed by atoms with van der Waals surface area (Å²) in [6.07, 6.45) is 9.47. The maximum atomic E-state index is 8.53. The summed E-state index contributed by atoms with van der Waals surface area (Å²) in [5.74, 6) is 8.69. The number of hydrogen-bond donors (Lipinski definition) is 15. The minimum atomic E-state index is 0.0634. The average Bonchev–Trinajstić information content (AvgIpc) is 1.70. The molecule has 16 rings (SSSR count). The molecule has 0 saturated heterocycles. The molecule has 9 N–H and O–H groups in total. The van der Waals surface area contributed by atoms with Crippen molar-refractivity contribution in [1.82, 2.24) is 4.98 Å². The summed E-state index contributed by atoms with van der Waals surface area (Å²) in [4.78, 5) is 6.63. The normalized spacial score (nSPS) is 10.3. The highest BCUT2D eigenvalue weighted by atomic mass is 32.1. The molecular formula is C122H163N5O9S7. The second-order valence-corrected chi connectivity index (χ2v) is 37.4. The molecule has 14 nitrogen and oxygen atoms in total. The summed E-state index contributed by atoms with van der Waals surface area (Å²) in [7, 11) is 1.68. The molecule has 0 aliphatic heterocycles. The van der Waals surface area contributed by atoms with E-state index in [4.69, 9.17) is 44.1 Å². The van der Waals surface area contributed by atoms with E-state index in [-0.39, 0.29) is 26.4 Å². The zero-order valence-electron chi connectivity index (χ0n) is 87.3. The molecule has 772 valence electrons. The molecule has 0 unspecified atom stereocenters. The van der Waals surface area contributed by atoms with E-state index < -0.39 is 0 Å². The lowest BCUT2D eigenvalue weighted by Crippen LogP contribution is -2.04. The van der Waals surface area contributed by atoms with Crippen molar-refractivity contribution in [3.05, 3.63) is 422 Å². The van der Waals surface area contributed by atoms with Crippen molar-refractivity contribution in [2.45, 2.75) is 146 Å². The lowest BCUT2D eigenvalue weighted by atomic mass is 9.91. The number of hydrogen-bond acceptors (Lipinski definition) is 20. The van der Waals surface area contributed by atoms with Gasteiger partial charge in [-0.25, -0.2) is 0 Å². The van der Waals surface area contributed by atoms with E-state index in [0.29, 0.717) is 39.5 Å². The third-order valence-electron chi connectivity index (χ3n) is 19.9. The Balaban J connectivity index is 0.000000519. The van der Waals surface area contributed by atoms with Gasteiger partial charge in [-0.3, -0.25) is 0 Å². The van der Waals surface area contributed by atoms with Gasteiger partial charge in [0, 0.05) is 104 Å². The number of aliphatic hydroxyl groups excluding tert-OH is 4. The Labute approximate surface area is 896 Å². The summed E-state index contributed by atoms with van der Waals surface area (Å²) >= 11 is 26.4. The Morgan fingerprint density at radius 2 is 0.650 bits per heavy atom. The van der Waals surface area contributed by atoms with E-state index in [1.165, 1.54) is 132 Å². The van der Waals surface area contributed by atoms with Crippen LogP contribution in [0.4, 0.5) is 22.7 Å². The first kappa shape index (κ1) is 128. The van der Waals surface area contributed by atoms with Crippen molar-refractivity contribution < 1.29 is 44.1 Å². The van der Waals surface area contributed by atoms with Gasteiger partial charge < -0.3 is 70.4 Å². The largest absolute Gasteiger partial charge is 0.497 e. The van der Waals surface area contributed by atoms with Gasteiger partial charge in [0.15, 0.2) is 0 Å². The van der Waals surface area contributed by atoms with E-state index in [1.54, 1.807) is 18.4 Å². The smallest absolute Gasteiger partial charge is 0.119 e. The van der Waals surface area contributed by atoms with Crippen LogP contribution in [0.15, 0.2) is 355 Å². The summed E-state index contributed by atoms with van der Waals surface area (Å²) in [5.41, 5.74) is 22.0. The molecule has 1 aliphatic carbocycles. The van der Waals surface area contributed by atoms with Crippen LogP contribution in [0.25, 0.3) is 10.9 Å². The number of nitrogens with one attached hydrogen (secondary N) is 5. The molecule has 13 aromatic carbocycles. The fraction of sp³-hybridized carbons (Fsp3) is 0.311. The number of aromatic nitrogens is 1. The summed E-state index contributed by atoms with van der Waals surface area (Å²) in [6.45, 7) is 36.9. The van der Waals surface area contributed by atoms with E-state index in [1.807, 2.05) is 271 Å².